The Morgan fingerprint density at radius 2 is 2.33 bits per heavy atom. The number of nitrogens with zero attached hydrogens (tertiary/aromatic N) is 2. The van der Waals surface area contributed by atoms with Gasteiger partial charge in [-0.05, 0) is 30.9 Å². The summed E-state index contributed by atoms with van der Waals surface area (Å²) in [5, 5.41) is 11.1. The molecule has 1 aromatic carbocycles. The lowest BCUT2D eigenvalue weighted by Crippen LogP contribution is -2.20. The highest BCUT2D eigenvalue weighted by molar-refractivity contribution is 9.10. The van der Waals surface area contributed by atoms with E-state index in [0.29, 0.717) is 5.92 Å². The molecule has 1 heterocycles. The molecule has 0 spiro atoms. The van der Waals surface area contributed by atoms with Gasteiger partial charge in [-0.3, -0.25) is 10.1 Å². The molecule has 0 bridgehead atoms. The molecule has 4 nitrogen and oxygen atoms in total. The van der Waals surface area contributed by atoms with E-state index in [1.165, 1.54) is 12.8 Å². The van der Waals surface area contributed by atoms with Gasteiger partial charge in [0.15, 0.2) is 0 Å². The lowest BCUT2D eigenvalue weighted by molar-refractivity contribution is -0.384. The van der Waals surface area contributed by atoms with Gasteiger partial charge in [0.25, 0.3) is 5.69 Å². The summed E-state index contributed by atoms with van der Waals surface area (Å²) >= 11 is 3.29. The van der Waals surface area contributed by atoms with E-state index >= 15 is 0 Å². The molecule has 18 heavy (non-hydrogen) atoms. The van der Waals surface area contributed by atoms with Crippen molar-refractivity contribution in [1.82, 2.24) is 0 Å². The second-order valence-corrected chi connectivity index (χ2v) is 5.70. The molecular formula is C13H17BrN2O2. The second-order valence-electron chi connectivity index (χ2n) is 4.78. The zero-order valence-electron chi connectivity index (χ0n) is 10.4. The van der Waals surface area contributed by atoms with Crippen LogP contribution >= 0.6 is 15.9 Å². The van der Waals surface area contributed by atoms with E-state index in [1.54, 1.807) is 6.07 Å². The molecule has 1 fully saturated rings. The zero-order valence-corrected chi connectivity index (χ0v) is 12.0. The van der Waals surface area contributed by atoms with Crippen LogP contribution in [0.2, 0.25) is 0 Å². The van der Waals surface area contributed by atoms with E-state index < -0.39 is 0 Å². The molecular weight excluding hydrogens is 296 g/mol. The molecule has 0 radical (unpaired) electrons. The Kier molecular flexibility index (Phi) is 4.22. The number of hydrogen-bond donors (Lipinski definition) is 0. The summed E-state index contributed by atoms with van der Waals surface area (Å²) in [4.78, 5) is 12.9. The van der Waals surface area contributed by atoms with Gasteiger partial charge in [-0.15, -0.1) is 0 Å². The second kappa shape index (κ2) is 5.69. The number of hydrogen-bond acceptors (Lipinski definition) is 3. The molecule has 5 heteroatoms. The minimum absolute atomic E-state index is 0.196. The summed E-state index contributed by atoms with van der Waals surface area (Å²) in [6.07, 6.45) is 3.53. The summed E-state index contributed by atoms with van der Waals surface area (Å²) in [7, 11) is 0. The Morgan fingerprint density at radius 3 is 3.00 bits per heavy atom. The van der Waals surface area contributed by atoms with Crippen molar-refractivity contribution in [3.63, 3.8) is 0 Å². The van der Waals surface area contributed by atoms with Crippen molar-refractivity contribution in [2.45, 2.75) is 26.2 Å². The van der Waals surface area contributed by atoms with Gasteiger partial charge in [-0.1, -0.05) is 29.3 Å². The SMILES string of the molecule is CCCC1CCN(c2ccc(Br)cc2[N+](=O)[O-])C1. The van der Waals surface area contributed by atoms with E-state index in [2.05, 4.69) is 27.8 Å². The first-order valence-corrected chi connectivity index (χ1v) is 7.10. The fraction of sp³-hybridized carbons (Fsp3) is 0.538. The minimum atomic E-state index is -0.298. The fourth-order valence-electron chi connectivity index (χ4n) is 2.61. The summed E-state index contributed by atoms with van der Waals surface area (Å²) in [6.45, 7) is 4.05. The normalized spacial score (nSPS) is 19.2. The highest BCUT2D eigenvalue weighted by atomic mass is 79.9. The molecule has 2 rings (SSSR count). The van der Waals surface area contributed by atoms with E-state index in [4.69, 9.17) is 0 Å². The van der Waals surface area contributed by atoms with Crippen molar-refractivity contribution in [2.24, 2.45) is 5.92 Å². The predicted octanol–water partition coefficient (Wildman–Crippen LogP) is 3.98. The Balaban J connectivity index is 2.21. The van der Waals surface area contributed by atoms with Crippen molar-refractivity contribution >= 4 is 27.3 Å². The number of anilines is 1. The van der Waals surface area contributed by atoms with Crippen molar-refractivity contribution in [1.29, 1.82) is 0 Å². The largest absolute Gasteiger partial charge is 0.366 e. The number of nitro benzene ring substituents is 1. The highest BCUT2D eigenvalue weighted by Crippen LogP contribution is 2.35. The number of halogens is 1. The first-order valence-electron chi connectivity index (χ1n) is 6.30. The summed E-state index contributed by atoms with van der Waals surface area (Å²) in [6, 6.07) is 5.30. The maximum absolute atomic E-state index is 11.1. The third-order valence-electron chi connectivity index (χ3n) is 3.46. The van der Waals surface area contributed by atoms with E-state index in [9.17, 15) is 10.1 Å². The molecule has 0 aliphatic carbocycles. The Labute approximate surface area is 115 Å². The van der Waals surface area contributed by atoms with Crippen molar-refractivity contribution < 1.29 is 4.92 Å². The Morgan fingerprint density at radius 1 is 1.56 bits per heavy atom. The van der Waals surface area contributed by atoms with Crippen molar-refractivity contribution in [2.75, 3.05) is 18.0 Å². The van der Waals surface area contributed by atoms with Crippen LogP contribution in [-0.4, -0.2) is 18.0 Å². The number of nitro groups is 1. The summed E-state index contributed by atoms with van der Waals surface area (Å²) < 4.78 is 0.752. The van der Waals surface area contributed by atoms with E-state index in [1.807, 2.05) is 12.1 Å². The van der Waals surface area contributed by atoms with Crippen LogP contribution in [0.5, 0.6) is 0 Å². The molecule has 0 saturated carbocycles. The van der Waals surface area contributed by atoms with Gasteiger partial charge in [0.2, 0.25) is 0 Å². The smallest absolute Gasteiger partial charge is 0.293 e. The van der Waals surface area contributed by atoms with Gasteiger partial charge >= 0.3 is 0 Å². The molecule has 1 unspecified atom stereocenters. The standard InChI is InChI=1S/C13H17BrN2O2/c1-2-3-10-6-7-15(9-10)12-5-4-11(14)8-13(12)16(17)18/h4-5,8,10H,2-3,6-7,9H2,1H3. The Bertz CT molecular complexity index is 451. The maximum Gasteiger partial charge on any atom is 0.293 e. The Hall–Kier alpha value is -1.10. The molecule has 0 aromatic heterocycles. The first kappa shape index (κ1) is 13.3. The molecule has 98 valence electrons. The van der Waals surface area contributed by atoms with Gasteiger partial charge in [-0.2, -0.15) is 0 Å². The molecule has 0 amide bonds. The molecule has 1 saturated heterocycles. The van der Waals surface area contributed by atoms with Crippen molar-refractivity contribution in [3.05, 3.63) is 32.8 Å². The third kappa shape index (κ3) is 2.83. The van der Waals surface area contributed by atoms with Crippen LogP contribution in [0.15, 0.2) is 22.7 Å². The lowest BCUT2D eigenvalue weighted by Gasteiger charge is -2.18. The average molecular weight is 313 g/mol. The van der Waals surface area contributed by atoms with Crippen LogP contribution in [-0.2, 0) is 0 Å². The maximum atomic E-state index is 11.1. The predicted molar refractivity (Wildman–Crippen MR) is 76.0 cm³/mol. The van der Waals surface area contributed by atoms with Gasteiger partial charge in [0.05, 0.1) is 4.92 Å². The van der Waals surface area contributed by atoms with Crippen LogP contribution in [0.4, 0.5) is 11.4 Å². The van der Waals surface area contributed by atoms with Gasteiger partial charge < -0.3 is 4.90 Å². The average Bonchev–Trinajstić information content (AvgIpc) is 2.78. The molecule has 1 aromatic rings. The van der Waals surface area contributed by atoms with Gasteiger partial charge in [-0.25, -0.2) is 0 Å². The van der Waals surface area contributed by atoms with Crippen molar-refractivity contribution in [3.8, 4) is 0 Å². The van der Waals surface area contributed by atoms with Crippen LogP contribution < -0.4 is 4.90 Å². The first-order chi connectivity index (χ1) is 8.61. The zero-order chi connectivity index (χ0) is 13.1. The summed E-state index contributed by atoms with van der Waals surface area (Å²) in [5.74, 6) is 0.679. The monoisotopic (exact) mass is 312 g/mol. The molecule has 1 atom stereocenters. The van der Waals surface area contributed by atoms with Crippen LogP contribution in [0.1, 0.15) is 26.2 Å². The minimum Gasteiger partial charge on any atom is -0.366 e. The highest BCUT2D eigenvalue weighted by Gasteiger charge is 2.27. The van der Waals surface area contributed by atoms with Gasteiger partial charge in [0, 0.05) is 23.6 Å². The molecule has 1 aliphatic rings. The van der Waals surface area contributed by atoms with Crippen LogP contribution in [0.3, 0.4) is 0 Å². The number of rotatable bonds is 4. The van der Waals surface area contributed by atoms with E-state index in [-0.39, 0.29) is 10.6 Å². The number of benzene rings is 1. The van der Waals surface area contributed by atoms with Gasteiger partial charge in [0.1, 0.15) is 5.69 Å². The van der Waals surface area contributed by atoms with Crippen LogP contribution in [0.25, 0.3) is 0 Å². The summed E-state index contributed by atoms with van der Waals surface area (Å²) in [5.41, 5.74) is 0.948. The quantitative estimate of drug-likeness (QED) is 0.624. The molecule has 0 N–H and O–H groups in total. The van der Waals surface area contributed by atoms with Crippen LogP contribution in [0, 0.1) is 16.0 Å². The third-order valence-corrected chi connectivity index (χ3v) is 3.95. The van der Waals surface area contributed by atoms with E-state index in [0.717, 1.165) is 29.7 Å². The fourth-order valence-corrected chi connectivity index (χ4v) is 2.95. The lowest BCUT2D eigenvalue weighted by atomic mass is 10.0. The molecule has 1 aliphatic heterocycles. The topological polar surface area (TPSA) is 46.4 Å².